The molecule has 20 heavy (non-hydrogen) atoms. The van der Waals surface area contributed by atoms with Gasteiger partial charge in [0.2, 0.25) is 0 Å². The third-order valence-corrected chi connectivity index (χ3v) is 5.44. The smallest absolute Gasteiger partial charge is 0.00990 e. The highest BCUT2D eigenvalue weighted by Crippen LogP contribution is 2.30. The number of rotatable bonds is 5. The van der Waals surface area contributed by atoms with E-state index in [1.165, 1.54) is 69.9 Å². The van der Waals surface area contributed by atoms with Crippen molar-refractivity contribution in [3.05, 3.63) is 35.9 Å². The van der Waals surface area contributed by atoms with E-state index in [-0.39, 0.29) is 0 Å². The first kappa shape index (κ1) is 14.1. The number of nitrogens with one attached hydrogen (secondary N) is 1. The fourth-order valence-corrected chi connectivity index (χ4v) is 4.21. The van der Waals surface area contributed by atoms with Gasteiger partial charge in [0, 0.05) is 6.04 Å². The topological polar surface area (TPSA) is 12.0 Å². The summed E-state index contributed by atoms with van der Waals surface area (Å²) in [5.74, 6) is 1.89. The van der Waals surface area contributed by atoms with E-state index in [0.29, 0.717) is 0 Å². The largest absolute Gasteiger partial charge is 0.314 e. The van der Waals surface area contributed by atoms with Crippen LogP contribution < -0.4 is 5.32 Å². The number of hydrogen-bond donors (Lipinski definition) is 1. The van der Waals surface area contributed by atoms with Gasteiger partial charge in [0.25, 0.3) is 0 Å². The van der Waals surface area contributed by atoms with Gasteiger partial charge >= 0.3 is 0 Å². The first-order valence-corrected chi connectivity index (χ1v) is 8.69. The summed E-state index contributed by atoms with van der Waals surface area (Å²) in [5.41, 5.74) is 1.52. The minimum absolute atomic E-state index is 0.775. The van der Waals surface area contributed by atoms with Crippen molar-refractivity contribution >= 4 is 0 Å². The molecule has 0 radical (unpaired) electrons. The highest BCUT2D eigenvalue weighted by atomic mass is 14.9. The molecule has 2 fully saturated rings. The molecule has 1 aromatic rings. The van der Waals surface area contributed by atoms with Crippen molar-refractivity contribution in [1.82, 2.24) is 5.32 Å². The lowest BCUT2D eigenvalue weighted by Gasteiger charge is -2.25. The van der Waals surface area contributed by atoms with Gasteiger partial charge in [0.15, 0.2) is 0 Å². The molecule has 1 N–H and O–H groups in total. The quantitative estimate of drug-likeness (QED) is 0.827. The second-order valence-corrected chi connectivity index (χ2v) is 6.88. The van der Waals surface area contributed by atoms with Crippen LogP contribution in [-0.4, -0.2) is 12.6 Å². The van der Waals surface area contributed by atoms with Crippen LogP contribution in [-0.2, 0) is 6.42 Å². The van der Waals surface area contributed by atoms with Crippen molar-refractivity contribution in [3.8, 4) is 0 Å². The van der Waals surface area contributed by atoms with Gasteiger partial charge in [-0.25, -0.2) is 0 Å². The van der Waals surface area contributed by atoms with Gasteiger partial charge in [0.1, 0.15) is 0 Å². The minimum atomic E-state index is 0.775. The molecule has 1 saturated heterocycles. The zero-order valence-corrected chi connectivity index (χ0v) is 12.7. The van der Waals surface area contributed by atoms with Crippen molar-refractivity contribution in [2.24, 2.45) is 11.8 Å². The zero-order chi connectivity index (χ0) is 13.6. The Labute approximate surface area is 124 Å². The standard InChI is InChI=1S/C19H29N/c1-3-7-16(8-4-1)11-12-19-18(13-14-20-19)15-17-9-5-2-6-10-17/h2,5-6,9-10,16,18-20H,1,3-4,7-8,11-15H2. The summed E-state index contributed by atoms with van der Waals surface area (Å²) >= 11 is 0. The SMILES string of the molecule is c1ccc(CC2CCNC2CCC2CCCCC2)cc1. The summed E-state index contributed by atoms with van der Waals surface area (Å²) in [5, 5.41) is 3.77. The summed E-state index contributed by atoms with van der Waals surface area (Å²) in [6.45, 7) is 1.23. The van der Waals surface area contributed by atoms with Gasteiger partial charge < -0.3 is 5.32 Å². The van der Waals surface area contributed by atoms with Crippen molar-refractivity contribution in [2.75, 3.05) is 6.54 Å². The Morgan fingerprint density at radius 3 is 2.50 bits per heavy atom. The lowest BCUT2D eigenvalue weighted by Crippen LogP contribution is -2.29. The Morgan fingerprint density at radius 1 is 0.900 bits per heavy atom. The molecule has 0 amide bonds. The average molecular weight is 271 g/mol. The van der Waals surface area contributed by atoms with Crippen LogP contribution in [0.4, 0.5) is 0 Å². The van der Waals surface area contributed by atoms with E-state index in [2.05, 4.69) is 35.6 Å². The maximum absolute atomic E-state index is 3.77. The van der Waals surface area contributed by atoms with Crippen LogP contribution in [0.25, 0.3) is 0 Å². The van der Waals surface area contributed by atoms with Gasteiger partial charge in [-0.2, -0.15) is 0 Å². The van der Waals surface area contributed by atoms with Crippen molar-refractivity contribution in [2.45, 2.75) is 63.8 Å². The van der Waals surface area contributed by atoms with E-state index >= 15 is 0 Å². The molecule has 0 aromatic heterocycles. The Hall–Kier alpha value is -0.820. The molecule has 1 aromatic carbocycles. The molecule has 0 bridgehead atoms. The van der Waals surface area contributed by atoms with E-state index in [1.807, 2.05) is 0 Å². The number of benzene rings is 1. The molecule has 1 nitrogen and oxygen atoms in total. The fraction of sp³-hybridized carbons (Fsp3) is 0.684. The summed E-state index contributed by atoms with van der Waals surface area (Å²) in [4.78, 5) is 0. The van der Waals surface area contributed by atoms with Crippen LogP contribution in [0.2, 0.25) is 0 Å². The predicted molar refractivity (Wildman–Crippen MR) is 85.9 cm³/mol. The van der Waals surface area contributed by atoms with Crippen molar-refractivity contribution in [3.63, 3.8) is 0 Å². The first-order chi connectivity index (χ1) is 9.92. The molecule has 1 heteroatoms. The Morgan fingerprint density at radius 2 is 1.70 bits per heavy atom. The summed E-state index contributed by atoms with van der Waals surface area (Å²) in [6.07, 6.45) is 12.9. The summed E-state index contributed by atoms with van der Waals surface area (Å²) in [7, 11) is 0. The lowest BCUT2D eigenvalue weighted by molar-refractivity contribution is 0.302. The van der Waals surface area contributed by atoms with Crippen LogP contribution in [0, 0.1) is 11.8 Å². The molecule has 1 aliphatic carbocycles. The molecule has 2 aliphatic rings. The molecule has 2 atom stereocenters. The van der Waals surface area contributed by atoms with E-state index in [9.17, 15) is 0 Å². The molecular weight excluding hydrogens is 242 g/mol. The molecule has 3 rings (SSSR count). The maximum Gasteiger partial charge on any atom is 0.00990 e. The first-order valence-electron chi connectivity index (χ1n) is 8.69. The predicted octanol–water partition coefficient (Wildman–Crippen LogP) is 4.57. The third kappa shape index (κ3) is 3.85. The molecule has 2 unspecified atom stereocenters. The zero-order valence-electron chi connectivity index (χ0n) is 12.7. The summed E-state index contributed by atoms with van der Waals surface area (Å²) in [6, 6.07) is 11.8. The fourth-order valence-electron chi connectivity index (χ4n) is 4.21. The second-order valence-electron chi connectivity index (χ2n) is 6.88. The molecule has 1 heterocycles. The van der Waals surface area contributed by atoms with Crippen LogP contribution >= 0.6 is 0 Å². The normalized spacial score (nSPS) is 27.8. The molecule has 0 spiro atoms. The Balaban J connectivity index is 1.48. The number of hydrogen-bond acceptors (Lipinski definition) is 1. The highest BCUT2D eigenvalue weighted by molar-refractivity contribution is 5.16. The van der Waals surface area contributed by atoms with Crippen LogP contribution in [0.15, 0.2) is 30.3 Å². The van der Waals surface area contributed by atoms with Gasteiger partial charge in [-0.05, 0) is 49.6 Å². The summed E-state index contributed by atoms with van der Waals surface area (Å²) < 4.78 is 0. The van der Waals surface area contributed by atoms with E-state index in [4.69, 9.17) is 0 Å². The van der Waals surface area contributed by atoms with Gasteiger partial charge in [-0.1, -0.05) is 62.4 Å². The second kappa shape index (κ2) is 7.26. The van der Waals surface area contributed by atoms with Gasteiger partial charge in [-0.3, -0.25) is 0 Å². The molecule has 1 saturated carbocycles. The van der Waals surface area contributed by atoms with Crippen LogP contribution in [0.3, 0.4) is 0 Å². The molecule has 110 valence electrons. The van der Waals surface area contributed by atoms with Crippen molar-refractivity contribution in [1.29, 1.82) is 0 Å². The van der Waals surface area contributed by atoms with Crippen LogP contribution in [0.1, 0.15) is 56.9 Å². The molecule has 1 aliphatic heterocycles. The maximum atomic E-state index is 3.77. The monoisotopic (exact) mass is 271 g/mol. The van der Waals surface area contributed by atoms with Gasteiger partial charge in [-0.15, -0.1) is 0 Å². The van der Waals surface area contributed by atoms with Gasteiger partial charge in [0.05, 0.1) is 0 Å². The lowest BCUT2D eigenvalue weighted by atomic mass is 9.83. The van der Waals surface area contributed by atoms with Crippen molar-refractivity contribution < 1.29 is 0 Å². The Bertz CT molecular complexity index is 380. The van der Waals surface area contributed by atoms with E-state index in [1.54, 1.807) is 0 Å². The van der Waals surface area contributed by atoms with E-state index in [0.717, 1.165) is 17.9 Å². The van der Waals surface area contributed by atoms with E-state index < -0.39 is 0 Å². The minimum Gasteiger partial charge on any atom is -0.314 e. The Kier molecular flexibility index (Phi) is 5.13. The highest BCUT2D eigenvalue weighted by Gasteiger charge is 2.27. The van der Waals surface area contributed by atoms with Crippen LogP contribution in [0.5, 0.6) is 0 Å². The third-order valence-electron chi connectivity index (χ3n) is 5.44. The molecular formula is C19H29N. The average Bonchev–Trinajstić information content (AvgIpc) is 2.94.